The zero-order chi connectivity index (χ0) is 11.5. The molecule has 1 N–H and O–H groups in total. The molecular weight excluding hydrogens is 231 g/mol. The molecule has 1 aromatic carbocycles. The van der Waals surface area contributed by atoms with Crippen LogP contribution in [0.25, 0.3) is 0 Å². The Morgan fingerprint density at radius 1 is 1.07 bits per heavy atom. The van der Waals surface area contributed by atoms with E-state index in [2.05, 4.69) is 13.2 Å². The van der Waals surface area contributed by atoms with Gasteiger partial charge in [-0.25, -0.2) is 0 Å². The van der Waals surface area contributed by atoms with Crippen molar-refractivity contribution in [3.05, 3.63) is 61.2 Å². The third-order valence-electron chi connectivity index (χ3n) is 2.39. The van der Waals surface area contributed by atoms with Crippen LogP contribution in [0.5, 0.6) is 0 Å². The number of aliphatic hydroxyl groups is 1. The Labute approximate surface area is 99.6 Å². The van der Waals surface area contributed by atoms with Gasteiger partial charge in [-0.2, -0.15) is 0 Å². The summed E-state index contributed by atoms with van der Waals surface area (Å²) >= 11 is 11.5. The normalized spacial score (nSPS) is 12.2. The number of alkyl halides is 2. The molecule has 0 spiro atoms. The molecule has 0 unspecified atom stereocenters. The van der Waals surface area contributed by atoms with Crippen molar-refractivity contribution in [3.8, 4) is 0 Å². The van der Waals surface area contributed by atoms with E-state index >= 15 is 0 Å². The highest BCUT2D eigenvalue weighted by Gasteiger charge is 2.45. The summed E-state index contributed by atoms with van der Waals surface area (Å²) in [7, 11) is 0. The molecule has 0 aromatic heterocycles. The van der Waals surface area contributed by atoms with E-state index in [0.717, 1.165) is 5.56 Å². The lowest BCUT2D eigenvalue weighted by molar-refractivity contribution is 0.166. The van der Waals surface area contributed by atoms with Crippen LogP contribution in [-0.4, -0.2) is 9.63 Å². The van der Waals surface area contributed by atoms with Crippen molar-refractivity contribution >= 4 is 23.2 Å². The van der Waals surface area contributed by atoms with E-state index in [1.54, 1.807) is 12.1 Å². The third-order valence-corrected chi connectivity index (χ3v) is 3.02. The molecule has 0 aliphatic rings. The highest BCUT2D eigenvalue weighted by Crippen LogP contribution is 2.43. The van der Waals surface area contributed by atoms with Crippen molar-refractivity contribution in [3.63, 3.8) is 0 Å². The number of benzene rings is 1. The SMILES string of the molecule is C=CC(C=C)(c1ccccc1)C(O)(Cl)Cl. The average molecular weight is 243 g/mol. The molecule has 0 atom stereocenters. The van der Waals surface area contributed by atoms with Crippen molar-refractivity contribution in [2.24, 2.45) is 0 Å². The molecule has 3 heteroatoms. The molecule has 80 valence electrons. The van der Waals surface area contributed by atoms with Gasteiger partial charge in [-0.15, -0.1) is 13.2 Å². The van der Waals surface area contributed by atoms with E-state index < -0.39 is 9.93 Å². The predicted molar refractivity (Wildman–Crippen MR) is 65.2 cm³/mol. The molecule has 0 saturated carbocycles. The smallest absolute Gasteiger partial charge is 0.231 e. The second-order valence-corrected chi connectivity index (χ2v) is 4.47. The lowest BCUT2D eigenvalue weighted by Crippen LogP contribution is -2.40. The van der Waals surface area contributed by atoms with E-state index in [9.17, 15) is 5.11 Å². The van der Waals surface area contributed by atoms with Crippen LogP contribution in [0.1, 0.15) is 5.56 Å². The van der Waals surface area contributed by atoms with Crippen LogP contribution in [0, 0.1) is 0 Å². The number of rotatable bonds is 4. The fourth-order valence-electron chi connectivity index (χ4n) is 1.45. The summed E-state index contributed by atoms with van der Waals surface area (Å²) in [4.78, 5) is 0. The van der Waals surface area contributed by atoms with E-state index in [0.29, 0.717) is 0 Å². The highest BCUT2D eigenvalue weighted by atomic mass is 35.5. The average Bonchev–Trinajstić information content (AvgIpc) is 2.20. The molecule has 0 fully saturated rings. The maximum atomic E-state index is 9.77. The largest absolute Gasteiger partial charge is 0.361 e. The zero-order valence-corrected chi connectivity index (χ0v) is 9.67. The minimum Gasteiger partial charge on any atom is -0.361 e. The second-order valence-electron chi connectivity index (χ2n) is 3.18. The first-order valence-corrected chi connectivity index (χ1v) is 5.16. The van der Waals surface area contributed by atoms with Gasteiger partial charge in [0.15, 0.2) is 0 Å². The van der Waals surface area contributed by atoms with Crippen LogP contribution < -0.4 is 0 Å². The molecule has 0 heterocycles. The predicted octanol–water partition coefficient (Wildman–Crippen LogP) is 3.42. The molecule has 0 bridgehead atoms. The lowest BCUT2D eigenvalue weighted by Gasteiger charge is -2.34. The van der Waals surface area contributed by atoms with Crippen molar-refractivity contribution in [2.75, 3.05) is 0 Å². The summed E-state index contributed by atoms with van der Waals surface area (Å²) in [6, 6.07) is 9.13. The monoisotopic (exact) mass is 242 g/mol. The van der Waals surface area contributed by atoms with Crippen molar-refractivity contribution in [2.45, 2.75) is 9.93 Å². The van der Waals surface area contributed by atoms with Crippen molar-refractivity contribution < 1.29 is 5.11 Å². The Balaban J connectivity index is 3.37. The maximum absolute atomic E-state index is 9.77. The lowest BCUT2D eigenvalue weighted by atomic mass is 9.81. The van der Waals surface area contributed by atoms with Crippen LogP contribution in [0.2, 0.25) is 0 Å². The molecular formula is C12H12Cl2O. The van der Waals surface area contributed by atoms with Gasteiger partial charge in [0.1, 0.15) is 0 Å². The molecule has 1 rings (SSSR count). The summed E-state index contributed by atoms with van der Waals surface area (Å²) in [5.74, 6) is 0. The zero-order valence-electron chi connectivity index (χ0n) is 8.16. The van der Waals surface area contributed by atoms with E-state index in [1.165, 1.54) is 12.2 Å². The first-order valence-electron chi connectivity index (χ1n) is 4.41. The van der Waals surface area contributed by atoms with Gasteiger partial charge in [0.2, 0.25) is 4.52 Å². The number of hydrogen-bond donors (Lipinski definition) is 1. The second kappa shape index (κ2) is 4.40. The Morgan fingerprint density at radius 2 is 1.53 bits per heavy atom. The molecule has 15 heavy (non-hydrogen) atoms. The fraction of sp³-hybridized carbons (Fsp3) is 0.167. The Morgan fingerprint density at radius 3 is 1.87 bits per heavy atom. The Kier molecular flexibility index (Phi) is 3.61. The van der Waals surface area contributed by atoms with E-state index in [4.69, 9.17) is 23.2 Å². The van der Waals surface area contributed by atoms with Crippen molar-refractivity contribution in [1.82, 2.24) is 0 Å². The summed E-state index contributed by atoms with van der Waals surface area (Å²) in [5, 5.41) is 9.77. The third kappa shape index (κ3) is 2.10. The Hall–Kier alpha value is -0.760. The molecule has 0 aliphatic heterocycles. The fourth-order valence-corrected chi connectivity index (χ4v) is 1.98. The molecule has 0 saturated heterocycles. The molecule has 0 radical (unpaired) electrons. The van der Waals surface area contributed by atoms with Gasteiger partial charge in [0.05, 0.1) is 5.41 Å². The van der Waals surface area contributed by atoms with Gasteiger partial charge in [-0.05, 0) is 5.56 Å². The standard InChI is InChI=1S/C12H12Cl2O/c1-3-11(4-2,12(13,14)15)10-8-6-5-7-9-10/h3-9,15H,1-2H2. The summed E-state index contributed by atoms with van der Waals surface area (Å²) in [6.07, 6.45) is 2.96. The van der Waals surface area contributed by atoms with Gasteiger partial charge in [-0.3, -0.25) is 0 Å². The van der Waals surface area contributed by atoms with Crippen LogP contribution in [0.4, 0.5) is 0 Å². The summed E-state index contributed by atoms with van der Waals surface area (Å²) in [6.45, 7) is 7.29. The van der Waals surface area contributed by atoms with Crippen LogP contribution in [0.15, 0.2) is 55.6 Å². The van der Waals surface area contributed by atoms with Crippen LogP contribution in [-0.2, 0) is 5.41 Å². The first-order chi connectivity index (χ1) is 6.98. The number of hydrogen-bond acceptors (Lipinski definition) is 1. The first kappa shape index (κ1) is 12.3. The topological polar surface area (TPSA) is 20.2 Å². The van der Waals surface area contributed by atoms with Gasteiger partial charge in [-0.1, -0.05) is 65.7 Å². The Bertz CT molecular complexity index is 344. The van der Waals surface area contributed by atoms with E-state index in [-0.39, 0.29) is 0 Å². The van der Waals surface area contributed by atoms with Gasteiger partial charge < -0.3 is 5.11 Å². The molecule has 1 nitrogen and oxygen atoms in total. The van der Waals surface area contributed by atoms with Gasteiger partial charge in [0.25, 0.3) is 0 Å². The quantitative estimate of drug-likeness (QED) is 0.634. The van der Waals surface area contributed by atoms with E-state index in [1.807, 2.05) is 18.2 Å². The van der Waals surface area contributed by atoms with Crippen LogP contribution in [0.3, 0.4) is 0 Å². The molecule has 0 amide bonds. The van der Waals surface area contributed by atoms with Gasteiger partial charge in [0, 0.05) is 0 Å². The molecule has 1 aromatic rings. The molecule has 0 aliphatic carbocycles. The highest BCUT2D eigenvalue weighted by molar-refractivity contribution is 6.48. The minimum atomic E-state index is -1.97. The number of halogens is 2. The summed E-state index contributed by atoms with van der Waals surface area (Å²) < 4.78 is -1.97. The maximum Gasteiger partial charge on any atom is 0.231 e. The van der Waals surface area contributed by atoms with Gasteiger partial charge >= 0.3 is 0 Å². The summed E-state index contributed by atoms with van der Waals surface area (Å²) in [5.41, 5.74) is -0.334. The minimum absolute atomic E-state index is 0.738. The van der Waals surface area contributed by atoms with Crippen molar-refractivity contribution in [1.29, 1.82) is 0 Å². The van der Waals surface area contributed by atoms with Crippen LogP contribution >= 0.6 is 23.2 Å².